The summed E-state index contributed by atoms with van der Waals surface area (Å²) in [4.78, 5) is 0. The summed E-state index contributed by atoms with van der Waals surface area (Å²) in [6, 6.07) is 0. The van der Waals surface area contributed by atoms with E-state index in [0.717, 1.165) is 30.6 Å². The summed E-state index contributed by atoms with van der Waals surface area (Å²) >= 11 is 2.53. The fraction of sp³-hybridized carbons (Fsp3) is 0.800. The van der Waals surface area contributed by atoms with Crippen molar-refractivity contribution in [1.82, 2.24) is 0 Å². The maximum absolute atomic E-state index is 3.24. The molecule has 0 aliphatic heterocycles. The molecule has 0 heterocycles. The van der Waals surface area contributed by atoms with Gasteiger partial charge in [0.2, 0.25) is 0 Å². The van der Waals surface area contributed by atoms with Crippen molar-refractivity contribution in [2.75, 3.05) is 4.43 Å². The molecule has 1 saturated carbocycles. The SMILES string of the molecule is ICC1C2CCC#CCCC12. The number of alkyl halides is 1. The Morgan fingerprint density at radius 2 is 1.64 bits per heavy atom. The van der Waals surface area contributed by atoms with Crippen LogP contribution in [-0.2, 0) is 0 Å². The van der Waals surface area contributed by atoms with Crippen LogP contribution in [0, 0.1) is 29.6 Å². The summed E-state index contributed by atoms with van der Waals surface area (Å²) in [5.74, 6) is 9.64. The first kappa shape index (κ1) is 7.91. The van der Waals surface area contributed by atoms with Gasteiger partial charge in [-0.25, -0.2) is 0 Å². The van der Waals surface area contributed by atoms with Crippen molar-refractivity contribution in [2.45, 2.75) is 25.7 Å². The first-order valence-corrected chi connectivity index (χ1v) is 5.97. The summed E-state index contributed by atoms with van der Waals surface area (Å²) in [5, 5.41) is 0. The molecular weight excluding hydrogens is 247 g/mol. The van der Waals surface area contributed by atoms with Crippen LogP contribution in [0.4, 0.5) is 0 Å². The number of halogens is 1. The van der Waals surface area contributed by atoms with Gasteiger partial charge in [0.05, 0.1) is 0 Å². The normalized spacial score (nSPS) is 41.0. The summed E-state index contributed by atoms with van der Waals surface area (Å²) in [6.07, 6.45) is 5.08. The molecule has 2 aliphatic carbocycles. The van der Waals surface area contributed by atoms with E-state index in [-0.39, 0.29) is 0 Å². The molecule has 0 bridgehead atoms. The number of fused-ring (bicyclic) bond motifs is 1. The Morgan fingerprint density at radius 3 is 2.09 bits per heavy atom. The second kappa shape index (κ2) is 3.35. The lowest BCUT2D eigenvalue weighted by Crippen LogP contribution is -1.85. The van der Waals surface area contributed by atoms with E-state index in [1.54, 1.807) is 0 Å². The van der Waals surface area contributed by atoms with E-state index in [1.807, 2.05) is 0 Å². The Kier molecular flexibility index (Phi) is 2.41. The average Bonchev–Trinajstić information content (AvgIpc) is 2.60. The number of hydrogen-bond acceptors (Lipinski definition) is 0. The molecule has 2 atom stereocenters. The molecule has 0 nitrogen and oxygen atoms in total. The van der Waals surface area contributed by atoms with Crippen LogP contribution in [-0.4, -0.2) is 4.43 Å². The first-order valence-electron chi connectivity index (χ1n) is 4.45. The molecule has 2 aliphatic rings. The van der Waals surface area contributed by atoms with E-state index >= 15 is 0 Å². The molecule has 0 aromatic rings. The smallest absolute Gasteiger partial charge is 0.00915 e. The Hall–Kier alpha value is 0.290. The van der Waals surface area contributed by atoms with Crippen molar-refractivity contribution in [2.24, 2.45) is 17.8 Å². The topological polar surface area (TPSA) is 0 Å². The van der Waals surface area contributed by atoms with Gasteiger partial charge in [-0.2, -0.15) is 0 Å². The molecule has 2 unspecified atom stereocenters. The van der Waals surface area contributed by atoms with Gasteiger partial charge in [-0.1, -0.05) is 22.6 Å². The fourth-order valence-electron chi connectivity index (χ4n) is 2.26. The van der Waals surface area contributed by atoms with Crippen LogP contribution in [0.1, 0.15) is 25.7 Å². The van der Waals surface area contributed by atoms with E-state index in [1.165, 1.54) is 17.3 Å². The van der Waals surface area contributed by atoms with E-state index in [4.69, 9.17) is 0 Å². The third kappa shape index (κ3) is 1.56. The predicted molar refractivity (Wildman–Crippen MR) is 55.6 cm³/mol. The van der Waals surface area contributed by atoms with Gasteiger partial charge in [-0.3, -0.25) is 0 Å². The van der Waals surface area contributed by atoms with Crippen LogP contribution in [0.25, 0.3) is 0 Å². The lowest BCUT2D eigenvalue weighted by molar-refractivity contribution is 0.618. The molecular formula is C10H13I. The minimum atomic E-state index is 1.05. The van der Waals surface area contributed by atoms with Crippen molar-refractivity contribution in [3.63, 3.8) is 0 Å². The quantitative estimate of drug-likeness (QED) is 0.386. The zero-order valence-electron chi connectivity index (χ0n) is 6.65. The Balaban J connectivity index is 1.93. The van der Waals surface area contributed by atoms with Crippen LogP contribution in [0.3, 0.4) is 0 Å². The van der Waals surface area contributed by atoms with Crippen LogP contribution in [0.5, 0.6) is 0 Å². The first-order chi connectivity index (χ1) is 5.43. The second-order valence-corrected chi connectivity index (χ2v) is 4.46. The minimum absolute atomic E-state index is 1.05. The monoisotopic (exact) mass is 260 g/mol. The lowest BCUT2D eigenvalue weighted by atomic mass is 10.1. The fourth-order valence-corrected chi connectivity index (χ4v) is 3.57. The average molecular weight is 260 g/mol. The van der Waals surface area contributed by atoms with E-state index in [9.17, 15) is 0 Å². The third-order valence-corrected chi connectivity index (χ3v) is 4.03. The highest BCUT2D eigenvalue weighted by Crippen LogP contribution is 2.53. The molecule has 0 aromatic carbocycles. The van der Waals surface area contributed by atoms with Gasteiger partial charge in [0.15, 0.2) is 0 Å². The maximum atomic E-state index is 3.24. The van der Waals surface area contributed by atoms with E-state index in [0.29, 0.717) is 0 Å². The van der Waals surface area contributed by atoms with Crippen molar-refractivity contribution in [3.05, 3.63) is 0 Å². The van der Waals surface area contributed by atoms with Gasteiger partial charge in [0.25, 0.3) is 0 Å². The van der Waals surface area contributed by atoms with E-state index in [2.05, 4.69) is 34.4 Å². The molecule has 0 saturated heterocycles. The highest BCUT2D eigenvalue weighted by atomic mass is 127. The largest absolute Gasteiger partial charge is 0.103 e. The summed E-state index contributed by atoms with van der Waals surface area (Å²) in [5.41, 5.74) is 0. The Labute approximate surface area is 82.3 Å². The highest BCUT2D eigenvalue weighted by Gasteiger charge is 2.47. The molecule has 0 radical (unpaired) electrons. The molecule has 0 amide bonds. The number of hydrogen-bond donors (Lipinski definition) is 0. The molecule has 60 valence electrons. The summed E-state index contributed by atoms with van der Waals surface area (Å²) in [6.45, 7) is 0. The zero-order chi connectivity index (χ0) is 7.68. The molecule has 1 heteroatoms. The molecule has 0 spiro atoms. The van der Waals surface area contributed by atoms with Crippen molar-refractivity contribution in [1.29, 1.82) is 0 Å². The molecule has 0 aromatic heterocycles. The van der Waals surface area contributed by atoms with Gasteiger partial charge in [0.1, 0.15) is 0 Å². The van der Waals surface area contributed by atoms with Crippen LogP contribution in [0.15, 0.2) is 0 Å². The van der Waals surface area contributed by atoms with Gasteiger partial charge in [-0.05, 0) is 30.6 Å². The molecule has 11 heavy (non-hydrogen) atoms. The standard InChI is InChI=1S/C10H13I/c11-7-10-8-5-3-1-2-4-6-9(8)10/h8-10H,3-7H2. The van der Waals surface area contributed by atoms with Crippen LogP contribution < -0.4 is 0 Å². The van der Waals surface area contributed by atoms with Gasteiger partial charge >= 0.3 is 0 Å². The Morgan fingerprint density at radius 1 is 1.09 bits per heavy atom. The summed E-state index contributed by atoms with van der Waals surface area (Å²) < 4.78 is 1.37. The lowest BCUT2D eigenvalue weighted by Gasteiger charge is -1.96. The van der Waals surface area contributed by atoms with Gasteiger partial charge in [-0.15, -0.1) is 11.8 Å². The van der Waals surface area contributed by atoms with Crippen LogP contribution in [0.2, 0.25) is 0 Å². The third-order valence-electron chi connectivity index (χ3n) is 3.02. The highest BCUT2D eigenvalue weighted by molar-refractivity contribution is 14.1. The second-order valence-electron chi connectivity index (χ2n) is 3.58. The van der Waals surface area contributed by atoms with Crippen molar-refractivity contribution < 1.29 is 0 Å². The zero-order valence-corrected chi connectivity index (χ0v) is 8.80. The van der Waals surface area contributed by atoms with E-state index < -0.39 is 0 Å². The van der Waals surface area contributed by atoms with Crippen molar-refractivity contribution >= 4 is 22.6 Å². The summed E-state index contributed by atoms with van der Waals surface area (Å²) in [7, 11) is 0. The van der Waals surface area contributed by atoms with Crippen molar-refractivity contribution in [3.8, 4) is 11.8 Å². The Bertz CT molecular complexity index is 181. The molecule has 0 N–H and O–H groups in total. The predicted octanol–water partition coefficient (Wildman–Crippen LogP) is 2.86. The van der Waals surface area contributed by atoms with Gasteiger partial charge < -0.3 is 0 Å². The minimum Gasteiger partial charge on any atom is -0.103 e. The van der Waals surface area contributed by atoms with Crippen LogP contribution >= 0.6 is 22.6 Å². The number of rotatable bonds is 1. The molecule has 1 fully saturated rings. The molecule has 2 rings (SSSR count). The van der Waals surface area contributed by atoms with Gasteiger partial charge in [0, 0.05) is 17.3 Å². The maximum Gasteiger partial charge on any atom is 0.00915 e.